The van der Waals surface area contributed by atoms with E-state index < -0.39 is 29.8 Å². The van der Waals surface area contributed by atoms with Crippen LogP contribution in [0.4, 0.5) is 4.79 Å². The molecule has 28 heavy (non-hydrogen) atoms. The van der Waals surface area contributed by atoms with Gasteiger partial charge < -0.3 is 14.4 Å². The summed E-state index contributed by atoms with van der Waals surface area (Å²) in [4.78, 5) is 41.2. The van der Waals surface area contributed by atoms with Gasteiger partial charge in [-0.15, -0.1) is 11.8 Å². The lowest BCUT2D eigenvalue weighted by Crippen LogP contribution is -2.48. The number of nitrogens with zero attached hydrogens (tertiary/aromatic N) is 2. The van der Waals surface area contributed by atoms with Gasteiger partial charge in [-0.3, -0.25) is 9.69 Å². The van der Waals surface area contributed by atoms with Gasteiger partial charge in [0.25, 0.3) is 0 Å². The van der Waals surface area contributed by atoms with Crippen molar-refractivity contribution in [3.05, 3.63) is 35.9 Å². The third-order valence-electron chi connectivity index (χ3n) is 4.52. The summed E-state index contributed by atoms with van der Waals surface area (Å²) in [5.74, 6) is 0.928. The summed E-state index contributed by atoms with van der Waals surface area (Å²) < 4.78 is 11.1. The first kappa shape index (κ1) is 20.5. The number of thioether (sulfide) groups is 1. The third-order valence-corrected chi connectivity index (χ3v) is 5.49. The van der Waals surface area contributed by atoms with Crippen molar-refractivity contribution >= 4 is 29.7 Å². The molecular weight excluding hydrogens is 380 g/mol. The Balaban J connectivity index is 1.72. The molecule has 0 N–H and O–H groups in total. The summed E-state index contributed by atoms with van der Waals surface area (Å²) in [6.07, 6.45) is -0.835. The lowest BCUT2D eigenvalue weighted by molar-refractivity contribution is -0.134. The molecule has 7 nitrogen and oxygen atoms in total. The lowest BCUT2D eigenvalue weighted by atomic mass is 10.1. The maximum absolute atomic E-state index is 13.0. The molecule has 2 fully saturated rings. The predicted molar refractivity (Wildman–Crippen MR) is 106 cm³/mol. The number of ether oxygens (including phenoxy) is 2. The van der Waals surface area contributed by atoms with Crippen LogP contribution in [-0.2, 0) is 14.3 Å². The maximum Gasteiger partial charge on any atom is 0.411 e. The highest BCUT2D eigenvalue weighted by Crippen LogP contribution is 2.27. The van der Waals surface area contributed by atoms with Crippen LogP contribution in [0.5, 0.6) is 0 Å². The molecule has 2 unspecified atom stereocenters. The highest BCUT2D eigenvalue weighted by atomic mass is 32.2. The van der Waals surface area contributed by atoms with Crippen LogP contribution in [0, 0.1) is 0 Å². The lowest BCUT2D eigenvalue weighted by Gasteiger charge is -2.29. The number of benzene rings is 1. The molecule has 152 valence electrons. The second-order valence-corrected chi connectivity index (χ2v) is 8.99. The van der Waals surface area contributed by atoms with E-state index in [2.05, 4.69) is 0 Å². The van der Waals surface area contributed by atoms with Crippen molar-refractivity contribution in [3.8, 4) is 0 Å². The number of likely N-dealkylation sites (tertiary alicyclic amines) is 1. The van der Waals surface area contributed by atoms with E-state index in [9.17, 15) is 14.4 Å². The molecule has 2 aliphatic heterocycles. The standard InChI is InChI=1S/C20H26N2O5S/c1-20(2,3)27-19(25)22-12-15(26-18(24)14-7-5-4-6-8-14)11-16(22)17(23)21-9-10-28-13-21/h4-8,15-16H,9-13H2,1-3H3. The largest absolute Gasteiger partial charge is 0.457 e. The Morgan fingerprint density at radius 2 is 1.86 bits per heavy atom. The van der Waals surface area contributed by atoms with Crippen LogP contribution < -0.4 is 0 Å². The van der Waals surface area contributed by atoms with Gasteiger partial charge in [0.15, 0.2) is 0 Å². The second kappa shape index (κ2) is 8.43. The number of carbonyl (C=O) groups is 3. The number of amides is 2. The number of hydrogen-bond acceptors (Lipinski definition) is 6. The van der Waals surface area contributed by atoms with Crippen molar-refractivity contribution < 1.29 is 23.9 Å². The molecule has 2 atom stereocenters. The average Bonchev–Trinajstić information content (AvgIpc) is 3.30. The summed E-state index contributed by atoms with van der Waals surface area (Å²) in [5.41, 5.74) is -0.232. The topological polar surface area (TPSA) is 76.1 Å². The third kappa shape index (κ3) is 4.98. The molecular formula is C20H26N2O5S. The molecule has 1 aromatic rings. The molecule has 8 heteroatoms. The van der Waals surface area contributed by atoms with Gasteiger partial charge in [-0.05, 0) is 32.9 Å². The number of hydrogen-bond donors (Lipinski definition) is 0. The van der Waals surface area contributed by atoms with Gasteiger partial charge in [-0.25, -0.2) is 9.59 Å². The van der Waals surface area contributed by atoms with Crippen molar-refractivity contribution in [2.75, 3.05) is 24.7 Å². The zero-order valence-electron chi connectivity index (χ0n) is 16.4. The number of esters is 1. The van der Waals surface area contributed by atoms with E-state index in [4.69, 9.17) is 9.47 Å². The van der Waals surface area contributed by atoms with Crippen LogP contribution in [0.15, 0.2) is 30.3 Å². The Kier molecular flexibility index (Phi) is 6.17. The molecule has 0 spiro atoms. The number of carbonyl (C=O) groups excluding carboxylic acids is 3. The van der Waals surface area contributed by atoms with Gasteiger partial charge >= 0.3 is 12.1 Å². The summed E-state index contributed by atoms with van der Waals surface area (Å²) >= 11 is 1.68. The normalized spacial score (nSPS) is 22.2. The molecule has 2 amide bonds. The molecule has 0 saturated carbocycles. The van der Waals surface area contributed by atoms with Gasteiger partial charge in [-0.1, -0.05) is 18.2 Å². The van der Waals surface area contributed by atoms with E-state index in [1.807, 2.05) is 6.07 Å². The Morgan fingerprint density at radius 3 is 2.46 bits per heavy atom. The van der Waals surface area contributed by atoms with E-state index in [-0.39, 0.29) is 18.9 Å². The van der Waals surface area contributed by atoms with Crippen LogP contribution in [0.1, 0.15) is 37.6 Å². The monoisotopic (exact) mass is 406 g/mol. The molecule has 2 saturated heterocycles. The van der Waals surface area contributed by atoms with Gasteiger partial charge in [0, 0.05) is 18.7 Å². The van der Waals surface area contributed by atoms with Crippen molar-refractivity contribution in [3.63, 3.8) is 0 Å². The van der Waals surface area contributed by atoms with E-state index in [0.717, 1.165) is 5.75 Å². The first-order valence-corrected chi connectivity index (χ1v) is 10.5. The Labute approximate surface area is 169 Å². The SMILES string of the molecule is CC(C)(C)OC(=O)N1CC(OC(=O)c2ccccc2)CC1C(=O)N1CCSC1. The Hall–Kier alpha value is -2.22. The van der Waals surface area contributed by atoms with Crippen molar-refractivity contribution in [2.24, 2.45) is 0 Å². The molecule has 2 heterocycles. The van der Waals surface area contributed by atoms with Crippen LogP contribution in [0.3, 0.4) is 0 Å². The van der Waals surface area contributed by atoms with Crippen molar-refractivity contribution in [1.82, 2.24) is 9.80 Å². The summed E-state index contributed by atoms with van der Waals surface area (Å²) in [7, 11) is 0. The number of rotatable bonds is 3. The van der Waals surface area contributed by atoms with Crippen molar-refractivity contribution in [2.45, 2.75) is 44.9 Å². The molecule has 0 aliphatic carbocycles. The van der Waals surface area contributed by atoms with E-state index >= 15 is 0 Å². The summed E-state index contributed by atoms with van der Waals surface area (Å²) in [6, 6.07) is 8.01. The fourth-order valence-corrected chi connectivity index (χ4v) is 4.19. The fourth-order valence-electron chi connectivity index (χ4n) is 3.23. The van der Waals surface area contributed by atoms with E-state index in [0.29, 0.717) is 18.0 Å². The van der Waals surface area contributed by atoms with E-state index in [1.54, 1.807) is 61.7 Å². The van der Waals surface area contributed by atoms with Crippen LogP contribution in [-0.4, -0.2) is 70.2 Å². The average molecular weight is 407 g/mol. The zero-order chi connectivity index (χ0) is 20.3. The Bertz CT molecular complexity index is 728. The summed E-state index contributed by atoms with van der Waals surface area (Å²) in [6.45, 7) is 6.15. The first-order valence-electron chi connectivity index (χ1n) is 9.37. The predicted octanol–water partition coefficient (Wildman–Crippen LogP) is 2.75. The minimum atomic E-state index is -0.679. The first-order chi connectivity index (χ1) is 13.2. The highest BCUT2D eigenvalue weighted by molar-refractivity contribution is 7.99. The minimum Gasteiger partial charge on any atom is -0.457 e. The van der Waals surface area contributed by atoms with Gasteiger partial charge in [0.1, 0.15) is 17.7 Å². The van der Waals surface area contributed by atoms with Crippen molar-refractivity contribution in [1.29, 1.82) is 0 Å². The molecule has 3 rings (SSSR count). The maximum atomic E-state index is 13.0. The minimum absolute atomic E-state index is 0.117. The molecule has 1 aromatic carbocycles. The second-order valence-electron chi connectivity index (χ2n) is 7.92. The molecule has 0 aromatic heterocycles. The van der Waals surface area contributed by atoms with Gasteiger partial charge in [-0.2, -0.15) is 0 Å². The fraction of sp³-hybridized carbons (Fsp3) is 0.550. The van der Waals surface area contributed by atoms with Gasteiger partial charge in [0.2, 0.25) is 5.91 Å². The highest BCUT2D eigenvalue weighted by Gasteiger charge is 2.45. The summed E-state index contributed by atoms with van der Waals surface area (Å²) in [5, 5.41) is 0. The molecule has 0 bridgehead atoms. The molecule has 0 radical (unpaired) electrons. The zero-order valence-corrected chi connectivity index (χ0v) is 17.2. The van der Waals surface area contributed by atoms with Gasteiger partial charge in [0.05, 0.1) is 18.0 Å². The smallest absolute Gasteiger partial charge is 0.411 e. The Morgan fingerprint density at radius 1 is 1.14 bits per heavy atom. The van der Waals surface area contributed by atoms with E-state index in [1.165, 1.54) is 4.90 Å². The van der Waals surface area contributed by atoms with Crippen LogP contribution >= 0.6 is 11.8 Å². The van der Waals surface area contributed by atoms with Crippen LogP contribution in [0.2, 0.25) is 0 Å². The molecule has 2 aliphatic rings. The quantitative estimate of drug-likeness (QED) is 0.719. The van der Waals surface area contributed by atoms with Crippen LogP contribution in [0.25, 0.3) is 0 Å².